The summed E-state index contributed by atoms with van der Waals surface area (Å²) in [5.41, 5.74) is 1.09. The van der Waals surface area contributed by atoms with Gasteiger partial charge in [0.2, 0.25) is 0 Å². The maximum atomic E-state index is 12.8. The number of hydrogen-bond acceptors (Lipinski definition) is 4. The van der Waals surface area contributed by atoms with Crippen LogP contribution in [0, 0.1) is 12.7 Å². The summed E-state index contributed by atoms with van der Waals surface area (Å²) in [6.07, 6.45) is 0.819. The van der Waals surface area contributed by atoms with Crippen molar-refractivity contribution in [2.75, 3.05) is 23.7 Å². The minimum atomic E-state index is -0.205. The molecule has 0 radical (unpaired) electrons. The molecule has 0 spiro atoms. The molecule has 0 unspecified atom stereocenters. The summed E-state index contributed by atoms with van der Waals surface area (Å²) in [6, 6.07) is 8.45. The van der Waals surface area contributed by atoms with Gasteiger partial charge in [0.15, 0.2) is 0 Å². The van der Waals surface area contributed by atoms with E-state index in [1.165, 1.54) is 12.1 Å². The van der Waals surface area contributed by atoms with Crippen molar-refractivity contribution < 1.29 is 4.39 Å². The molecular weight excluding hydrogens is 255 g/mol. The van der Waals surface area contributed by atoms with Crippen LogP contribution in [0.3, 0.4) is 0 Å². The lowest BCUT2D eigenvalue weighted by atomic mass is 10.1. The topological polar surface area (TPSA) is 49.8 Å². The molecule has 0 atom stereocenters. The van der Waals surface area contributed by atoms with Crippen molar-refractivity contribution in [3.05, 3.63) is 47.5 Å². The first-order valence-corrected chi connectivity index (χ1v) is 6.75. The highest BCUT2D eigenvalue weighted by Gasteiger charge is 2.01. The van der Waals surface area contributed by atoms with E-state index < -0.39 is 0 Å². The highest BCUT2D eigenvalue weighted by molar-refractivity contribution is 5.47. The van der Waals surface area contributed by atoms with Gasteiger partial charge in [-0.15, -0.1) is 0 Å². The molecule has 2 aromatic rings. The first kappa shape index (κ1) is 14.2. The van der Waals surface area contributed by atoms with Crippen LogP contribution in [0.5, 0.6) is 0 Å². The van der Waals surface area contributed by atoms with Crippen molar-refractivity contribution in [2.24, 2.45) is 0 Å². The predicted octanol–water partition coefficient (Wildman–Crippen LogP) is 3.01. The smallest absolute Gasteiger partial charge is 0.131 e. The van der Waals surface area contributed by atoms with E-state index in [0.717, 1.165) is 42.5 Å². The van der Waals surface area contributed by atoms with Gasteiger partial charge in [-0.25, -0.2) is 14.4 Å². The molecule has 5 heteroatoms. The van der Waals surface area contributed by atoms with Gasteiger partial charge in [-0.1, -0.05) is 12.1 Å². The van der Waals surface area contributed by atoms with Crippen LogP contribution >= 0.6 is 0 Å². The molecule has 2 N–H and O–H groups in total. The number of nitrogens with zero attached hydrogens (tertiary/aromatic N) is 2. The maximum absolute atomic E-state index is 12.8. The van der Waals surface area contributed by atoms with Gasteiger partial charge in [0.1, 0.15) is 23.3 Å². The summed E-state index contributed by atoms with van der Waals surface area (Å²) < 4.78 is 12.8. The van der Waals surface area contributed by atoms with Crippen LogP contribution in [0.1, 0.15) is 18.3 Å². The Bertz CT molecular complexity index is 554. The van der Waals surface area contributed by atoms with Crippen molar-refractivity contribution >= 4 is 11.6 Å². The standard InChI is InChI=1S/C15H19FN4/c1-3-17-14-10-15(20-11(2)19-14)18-9-8-12-4-6-13(16)7-5-12/h4-7,10H,3,8-9H2,1-2H3,(H2,17,18,19,20). The summed E-state index contributed by atoms with van der Waals surface area (Å²) >= 11 is 0. The van der Waals surface area contributed by atoms with E-state index in [2.05, 4.69) is 20.6 Å². The Morgan fingerprint density at radius 2 is 1.70 bits per heavy atom. The summed E-state index contributed by atoms with van der Waals surface area (Å²) in [5, 5.41) is 6.43. The van der Waals surface area contributed by atoms with Gasteiger partial charge in [0, 0.05) is 19.2 Å². The second kappa shape index (κ2) is 6.84. The van der Waals surface area contributed by atoms with E-state index in [-0.39, 0.29) is 5.82 Å². The molecule has 106 valence electrons. The lowest BCUT2D eigenvalue weighted by Gasteiger charge is -2.09. The van der Waals surface area contributed by atoms with Gasteiger partial charge in [-0.3, -0.25) is 0 Å². The average molecular weight is 274 g/mol. The number of nitrogens with one attached hydrogen (secondary N) is 2. The number of aromatic nitrogens is 2. The highest BCUT2D eigenvalue weighted by atomic mass is 19.1. The van der Waals surface area contributed by atoms with Gasteiger partial charge >= 0.3 is 0 Å². The Balaban J connectivity index is 1.91. The summed E-state index contributed by atoms with van der Waals surface area (Å²) in [6.45, 7) is 5.46. The van der Waals surface area contributed by atoms with Crippen LogP contribution in [0.25, 0.3) is 0 Å². The molecule has 2 rings (SSSR count). The molecule has 0 aliphatic heterocycles. The Kier molecular flexibility index (Phi) is 4.87. The number of halogens is 1. The Labute approximate surface area is 118 Å². The zero-order valence-corrected chi connectivity index (χ0v) is 11.8. The van der Waals surface area contributed by atoms with Crippen molar-refractivity contribution in [1.29, 1.82) is 0 Å². The fraction of sp³-hybridized carbons (Fsp3) is 0.333. The van der Waals surface area contributed by atoms with Gasteiger partial charge in [-0.2, -0.15) is 0 Å². The number of anilines is 2. The summed E-state index contributed by atoms with van der Waals surface area (Å²) in [7, 11) is 0. The van der Waals surface area contributed by atoms with Gasteiger partial charge in [0.25, 0.3) is 0 Å². The average Bonchev–Trinajstić information content (AvgIpc) is 2.41. The predicted molar refractivity (Wildman–Crippen MR) is 79.5 cm³/mol. The Morgan fingerprint density at radius 1 is 1.05 bits per heavy atom. The molecular formula is C15H19FN4. The lowest BCUT2D eigenvalue weighted by molar-refractivity contribution is 0.627. The van der Waals surface area contributed by atoms with Crippen LogP contribution in [0.2, 0.25) is 0 Å². The van der Waals surface area contributed by atoms with Crippen LogP contribution in [0.15, 0.2) is 30.3 Å². The zero-order valence-electron chi connectivity index (χ0n) is 11.8. The SMILES string of the molecule is CCNc1cc(NCCc2ccc(F)cc2)nc(C)n1. The van der Waals surface area contributed by atoms with E-state index in [4.69, 9.17) is 0 Å². The quantitative estimate of drug-likeness (QED) is 0.850. The van der Waals surface area contributed by atoms with E-state index in [1.54, 1.807) is 12.1 Å². The number of rotatable bonds is 6. The Hall–Kier alpha value is -2.17. The molecule has 1 heterocycles. The van der Waals surface area contributed by atoms with Gasteiger partial charge in [0.05, 0.1) is 0 Å². The number of benzene rings is 1. The van der Waals surface area contributed by atoms with E-state index in [1.807, 2.05) is 19.9 Å². The van der Waals surface area contributed by atoms with Crippen LogP contribution in [-0.4, -0.2) is 23.1 Å². The van der Waals surface area contributed by atoms with Crippen molar-refractivity contribution in [2.45, 2.75) is 20.3 Å². The van der Waals surface area contributed by atoms with Crippen molar-refractivity contribution in [3.8, 4) is 0 Å². The van der Waals surface area contributed by atoms with Crippen LogP contribution in [0.4, 0.5) is 16.0 Å². The lowest BCUT2D eigenvalue weighted by Crippen LogP contribution is -2.09. The molecule has 0 saturated carbocycles. The molecule has 0 aliphatic carbocycles. The third kappa shape index (κ3) is 4.19. The molecule has 4 nitrogen and oxygen atoms in total. The monoisotopic (exact) mass is 274 g/mol. The molecule has 20 heavy (non-hydrogen) atoms. The molecule has 1 aromatic heterocycles. The van der Waals surface area contributed by atoms with E-state index in [9.17, 15) is 4.39 Å². The fourth-order valence-corrected chi connectivity index (χ4v) is 1.92. The molecule has 0 bridgehead atoms. The fourth-order valence-electron chi connectivity index (χ4n) is 1.92. The van der Waals surface area contributed by atoms with Gasteiger partial charge < -0.3 is 10.6 Å². The summed E-state index contributed by atoms with van der Waals surface area (Å²) in [4.78, 5) is 8.63. The number of hydrogen-bond donors (Lipinski definition) is 2. The maximum Gasteiger partial charge on any atom is 0.131 e. The minimum absolute atomic E-state index is 0.205. The van der Waals surface area contributed by atoms with E-state index in [0.29, 0.717) is 0 Å². The minimum Gasteiger partial charge on any atom is -0.370 e. The van der Waals surface area contributed by atoms with Crippen molar-refractivity contribution in [3.63, 3.8) is 0 Å². The normalized spacial score (nSPS) is 10.3. The van der Waals surface area contributed by atoms with Gasteiger partial charge in [-0.05, 0) is 38.0 Å². The third-order valence-electron chi connectivity index (χ3n) is 2.83. The van der Waals surface area contributed by atoms with E-state index >= 15 is 0 Å². The highest BCUT2D eigenvalue weighted by Crippen LogP contribution is 2.11. The molecule has 0 aliphatic rings. The summed E-state index contributed by atoms with van der Waals surface area (Å²) in [5.74, 6) is 2.15. The second-order valence-electron chi connectivity index (χ2n) is 4.52. The second-order valence-corrected chi connectivity index (χ2v) is 4.52. The molecule has 1 aromatic carbocycles. The van der Waals surface area contributed by atoms with Crippen LogP contribution in [-0.2, 0) is 6.42 Å². The zero-order chi connectivity index (χ0) is 14.4. The largest absolute Gasteiger partial charge is 0.370 e. The molecule has 0 amide bonds. The third-order valence-corrected chi connectivity index (χ3v) is 2.83. The molecule has 0 saturated heterocycles. The first-order chi connectivity index (χ1) is 9.67. The molecule has 0 fully saturated rings. The van der Waals surface area contributed by atoms with Crippen molar-refractivity contribution in [1.82, 2.24) is 9.97 Å². The Morgan fingerprint density at radius 3 is 2.35 bits per heavy atom. The van der Waals surface area contributed by atoms with Crippen LogP contribution < -0.4 is 10.6 Å². The number of aryl methyl sites for hydroxylation is 1. The first-order valence-electron chi connectivity index (χ1n) is 6.75.